The minimum Gasteiger partial charge on any atom is -0.376 e. The lowest BCUT2D eigenvalue weighted by molar-refractivity contribution is 0.120. The standard InChI is InChI=1S/C17H29N5O/c18-10-13-3-1-4-14(9-13)11-21-17-19-7-6-16(22-17)20-12-15-5-2-8-23-15/h6-7,13-15H,1-5,8-12,18H2,(H2,19,20,21,22). The van der Waals surface area contributed by atoms with Gasteiger partial charge in [-0.3, -0.25) is 0 Å². The van der Waals surface area contributed by atoms with Crippen LogP contribution in [0.4, 0.5) is 11.8 Å². The van der Waals surface area contributed by atoms with Crippen molar-refractivity contribution in [1.29, 1.82) is 0 Å². The number of nitrogens with two attached hydrogens (primary N) is 1. The maximum absolute atomic E-state index is 5.81. The molecule has 23 heavy (non-hydrogen) atoms. The lowest BCUT2D eigenvalue weighted by Crippen LogP contribution is -2.27. The molecule has 2 heterocycles. The van der Waals surface area contributed by atoms with Crippen LogP contribution in [-0.2, 0) is 4.74 Å². The Hall–Kier alpha value is -1.40. The van der Waals surface area contributed by atoms with Crippen molar-refractivity contribution in [1.82, 2.24) is 9.97 Å². The molecule has 0 radical (unpaired) electrons. The number of anilines is 2. The molecule has 6 heteroatoms. The molecule has 0 aromatic carbocycles. The zero-order valence-corrected chi connectivity index (χ0v) is 13.8. The van der Waals surface area contributed by atoms with Gasteiger partial charge in [0.25, 0.3) is 0 Å². The average Bonchev–Trinajstić information content (AvgIpc) is 3.12. The Morgan fingerprint density at radius 3 is 2.87 bits per heavy atom. The highest BCUT2D eigenvalue weighted by molar-refractivity contribution is 5.39. The van der Waals surface area contributed by atoms with E-state index >= 15 is 0 Å². The second kappa shape index (κ2) is 8.45. The number of ether oxygens (including phenoxy) is 1. The molecule has 0 bridgehead atoms. The quantitative estimate of drug-likeness (QED) is 0.715. The highest BCUT2D eigenvalue weighted by Crippen LogP contribution is 2.28. The lowest BCUT2D eigenvalue weighted by atomic mass is 9.81. The van der Waals surface area contributed by atoms with Crippen molar-refractivity contribution < 1.29 is 4.74 Å². The van der Waals surface area contributed by atoms with E-state index in [9.17, 15) is 0 Å². The molecular formula is C17H29N5O. The van der Waals surface area contributed by atoms with E-state index in [0.29, 0.717) is 23.9 Å². The van der Waals surface area contributed by atoms with Crippen LogP contribution in [0.5, 0.6) is 0 Å². The van der Waals surface area contributed by atoms with Crippen molar-refractivity contribution in [3.05, 3.63) is 12.3 Å². The van der Waals surface area contributed by atoms with Gasteiger partial charge in [-0.25, -0.2) is 4.98 Å². The fourth-order valence-electron chi connectivity index (χ4n) is 3.60. The normalized spacial score (nSPS) is 27.8. The Morgan fingerprint density at radius 1 is 1.13 bits per heavy atom. The molecule has 4 N–H and O–H groups in total. The number of rotatable bonds is 7. The average molecular weight is 319 g/mol. The van der Waals surface area contributed by atoms with Crippen LogP contribution in [0.15, 0.2) is 12.3 Å². The van der Waals surface area contributed by atoms with Crippen molar-refractivity contribution in [3.8, 4) is 0 Å². The van der Waals surface area contributed by atoms with Crippen molar-refractivity contribution in [2.45, 2.75) is 44.6 Å². The molecule has 1 aliphatic heterocycles. The highest BCUT2D eigenvalue weighted by Gasteiger charge is 2.21. The molecule has 6 nitrogen and oxygen atoms in total. The summed E-state index contributed by atoms with van der Waals surface area (Å²) in [6.45, 7) is 3.45. The van der Waals surface area contributed by atoms with Crippen molar-refractivity contribution in [3.63, 3.8) is 0 Å². The van der Waals surface area contributed by atoms with E-state index in [1.54, 1.807) is 6.20 Å². The van der Waals surface area contributed by atoms with E-state index in [4.69, 9.17) is 10.5 Å². The number of hydrogen-bond donors (Lipinski definition) is 3. The first-order chi connectivity index (χ1) is 11.3. The first-order valence-corrected chi connectivity index (χ1v) is 8.96. The molecule has 3 rings (SSSR count). The van der Waals surface area contributed by atoms with Gasteiger partial charge in [-0.1, -0.05) is 6.42 Å². The fraction of sp³-hybridized carbons (Fsp3) is 0.765. The zero-order chi connectivity index (χ0) is 15.9. The van der Waals surface area contributed by atoms with Gasteiger partial charge in [-0.15, -0.1) is 0 Å². The topological polar surface area (TPSA) is 85.1 Å². The van der Waals surface area contributed by atoms with Gasteiger partial charge in [0.1, 0.15) is 5.82 Å². The number of hydrogen-bond acceptors (Lipinski definition) is 6. The smallest absolute Gasteiger partial charge is 0.224 e. The van der Waals surface area contributed by atoms with Gasteiger partial charge in [0.05, 0.1) is 6.10 Å². The largest absolute Gasteiger partial charge is 0.376 e. The molecule has 1 saturated heterocycles. The predicted molar refractivity (Wildman–Crippen MR) is 92.5 cm³/mol. The first-order valence-electron chi connectivity index (χ1n) is 8.96. The Balaban J connectivity index is 1.45. The molecule has 0 spiro atoms. The molecule has 3 unspecified atom stereocenters. The van der Waals surface area contributed by atoms with E-state index in [1.807, 2.05) is 6.07 Å². The molecular weight excluding hydrogens is 290 g/mol. The Morgan fingerprint density at radius 2 is 2.04 bits per heavy atom. The van der Waals surface area contributed by atoms with E-state index in [0.717, 1.165) is 44.9 Å². The summed E-state index contributed by atoms with van der Waals surface area (Å²) in [5.74, 6) is 2.94. The SMILES string of the molecule is NCC1CCCC(CNc2nccc(NCC3CCCO3)n2)C1. The van der Waals surface area contributed by atoms with Crippen LogP contribution < -0.4 is 16.4 Å². The van der Waals surface area contributed by atoms with Crippen molar-refractivity contribution in [2.75, 3.05) is 36.9 Å². The zero-order valence-electron chi connectivity index (χ0n) is 13.8. The molecule has 3 atom stereocenters. The number of aromatic nitrogens is 2. The van der Waals surface area contributed by atoms with Crippen LogP contribution in [0.1, 0.15) is 38.5 Å². The van der Waals surface area contributed by atoms with E-state index < -0.39 is 0 Å². The predicted octanol–water partition coefficient (Wildman–Crippen LogP) is 2.24. The van der Waals surface area contributed by atoms with Gasteiger partial charge in [-0.2, -0.15) is 4.98 Å². The van der Waals surface area contributed by atoms with E-state index in [2.05, 4.69) is 20.6 Å². The van der Waals surface area contributed by atoms with Gasteiger partial charge in [-0.05, 0) is 56.6 Å². The van der Waals surface area contributed by atoms with Crippen LogP contribution in [0.3, 0.4) is 0 Å². The second-order valence-electron chi connectivity index (χ2n) is 6.80. The van der Waals surface area contributed by atoms with Gasteiger partial charge < -0.3 is 21.1 Å². The van der Waals surface area contributed by atoms with Crippen LogP contribution >= 0.6 is 0 Å². The summed E-state index contributed by atoms with van der Waals surface area (Å²) in [5.41, 5.74) is 5.81. The summed E-state index contributed by atoms with van der Waals surface area (Å²) in [6.07, 6.45) is 9.49. The minimum absolute atomic E-state index is 0.316. The van der Waals surface area contributed by atoms with Crippen molar-refractivity contribution in [2.24, 2.45) is 17.6 Å². The second-order valence-corrected chi connectivity index (χ2v) is 6.80. The van der Waals surface area contributed by atoms with Crippen LogP contribution in [-0.4, -0.2) is 42.3 Å². The van der Waals surface area contributed by atoms with Gasteiger partial charge in [0, 0.05) is 25.9 Å². The molecule has 128 valence electrons. The third-order valence-electron chi connectivity index (χ3n) is 4.96. The molecule has 2 fully saturated rings. The molecule has 2 aliphatic rings. The summed E-state index contributed by atoms with van der Waals surface area (Å²) in [5, 5.41) is 6.74. The summed E-state index contributed by atoms with van der Waals surface area (Å²) in [4.78, 5) is 8.87. The monoisotopic (exact) mass is 319 g/mol. The molecule has 1 saturated carbocycles. The molecule has 1 aromatic heterocycles. The van der Waals surface area contributed by atoms with E-state index in [1.165, 1.54) is 25.7 Å². The Labute approximate surface area is 138 Å². The maximum atomic E-state index is 5.81. The minimum atomic E-state index is 0.316. The number of nitrogens with zero attached hydrogens (tertiary/aromatic N) is 2. The van der Waals surface area contributed by atoms with Crippen LogP contribution in [0, 0.1) is 11.8 Å². The molecule has 1 aliphatic carbocycles. The number of nitrogens with one attached hydrogen (secondary N) is 2. The third-order valence-corrected chi connectivity index (χ3v) is 4.96. The Bertz CT molecular complexity index is 478. The summed E-state index contributed by atoms with van der Waals surface area (Å²) < 4.78 is 5.62. The molecule has 0 amide bonds. The highest BCUT2D eigenvalue weighted by atomic mass is 16.5. The van der Waals surface area contributed by atoms with Crippen LogP contribution in [0.2, 0.25) is 0 Å². The molecule has 1 aromatic rings. The first kappa shape index (κ1) is 16.5. The Kier molecular flexibility index (Phi) is 6.05. The lowest BCUT2D eigenvalue weighted by Gasteiger charge is -2.28. The maximum Gasteiger partial charge on any atom is 0.224 e. The fourth-order valence-corrected chi connectivity index (χ4v) is 3.60. The van der Waals surface area contributed by atoms with Gasteiger partial charge in [0.2, 0.25) is 5.95 Å². The summed E-state index contributed by atoms with van der Waals surface area (Å²) in [7, 11) is 0. The summed E-state index contributed by atoms with van der Waals surface area (Å²) in [6, 6.07) is 1.91. The van der Waals surface area contributed by atoms with Gasteiger partial charge >= 0.3 is 0 Å². The van der Waals surface area contributed by atoms with E-state index in [-0.39, 0.29) is 0 Å². The third kappa shape index (κ3) is 5.04. The van der Waals surface area contributed by atoms with Crippen molar-refractivity contribution >= 4 is 11.8 Å². The summed E-state index contributed by atoms with van der Waals surface area (Å²) >= 11 is 0. The van der Waals surface area contributed by atoms with Gasteiger partial charge in [0.15, 0.2) is 0 Å². The van der Waals surface area contributed by atoms with Crippen LogP contribution in [0.25, 0.3) is 0 Å².